The second-order valence-electron chi connectivity index (χ2n) is 2.10. The molecule has 0 spiro atoms. The normalized spacial score (nSPS) is 7.19. The number of hydrogen-bond donors (Lipinski definition) is 2. The van der Waals surface area contributed by atoms with Crippen molar-refractivity contribution in [1.29, 1.82) is 0 Å². The summed E-state index contributed by atoms with van der Waals surface area (Å²) in [6.07, 6.45) is -3.43. The third-order valence-corrected chi connectivity index (χ3v) is 0.629. The van der Waals surface area contributed by atoms with E-state index in [0.717, 1.165) is 13.8 Å². The number of rotatable bonds is 2. The van der Waals surface area contributed by atoms with Crippen molar-refractivity contribution in [1.82, 2.24) is 0 Å². The molecule has 21 heavy (non-hydrogen) atoms. The standard InChI is InChI=1S/C3H6O3.C3H4O3.CH2O3.ClH.4Na/c2*1-2(4)3(5)6;2-1(3)4;;;;;/h2,4H,1H3,(H,5,6);1H3,(H,5,6);(H2,2,3,4);1H;;;;/q;;;;4*+1/p-4. The van der Waals surface area contributed by atoms with E-state index >= 15 is 0 Å². The molecule has 0 saturated heterocycles. The maximum atomic E-state index is 9.48. The molecule has 2 N–H and O–H groups in total. The van der Waals surface area contributed by atoms with Gasteiger partial charge in [-0.1, -0.05) is 0 Å². The molecule has 1 unspecified atom stereocenters. The Morgan fingerprint density at radius 3 is 1.00 bits per heavy atom. The number of Topliss-reactive ketones (excluding diaryl/α,β-unsaturated/α-hetero) is 1. The molecule has 0 aromatic carbocycles. The van der Waals surface area contributed by atoms with Gasteiger partial charge in [0.1, 0.15) is 5.97 Å². The summed E-state index contributed by atoms with van der Waals surface area (Å²) in [5.74, 6) is -4.00. The summed E-state index contributed by atoms with van der Waals surface area (Å²) >= 11 is 0. The first kappa shape index (κ1) is 49.5. The SMILES string of the molecule is CC(=O)C(=O)[O-].CC(O)C(=O)[O-].O=C([O-])O.[Cl-].[Na+].[Na+].[Na+].[Na+]. The minimum absolute atomic E-state index is 0. The molecule has 0 aliphatic carbocycles. The molecular formula is C7H9ClNa4O9. The van der Waals surface area contributed by atoms with Gasteiger partial charge in [-0.15, -0.1) is 0 Å². The third kappa shape index (κ3) is 87.4. The number of hydrogen-bond acceptors (Lipinski definition) is 8. The fourth-order valence-corrected chi connectivity index (χ4v) is 0. The quantitative estimate of drug-likeness (QED) is 0.355. The Kier molecular flexibility index (Phi) is 79.3. The molecule has 0 fully saturated rings. The van der Waals surface area contributed by atoms with Crippen LogP contribution in [-0.4, -0.2) is 40.2 Å². The van der Waals surface area contributed by atoms with E-state index < -0.39 is 30.0 Å². The summed E-state index contributed by atoms with van der Waals surface area (Å²) in [6, 6.07) is 0. The minimum Gasteiger partial charge on any atom is -1.00 e. The van der Waals surface area contributed by atoms with Crippen LogP contribution in [0.5, 0.6) is 0 Å². The number of halogens is 1. The molecule has 0 aromatic heterocycles. The van der Waals surface area contributed by atoms with Gasteiger partial charge in [0.25, 0.3) is 0 Å². The van der Waals surface area contributed by atoms with Crippen LogP contribution < -0.4 is 146 Å². The maximum Gasteiger partial charge on any atom is 1.00 e. The van der Waals surface area contributed by atoms with E-state index in [1.54, 1.807) is 0 Å². The minimum atomic E-state index is -2.08. The van der Waals surface area contributed by atoms with Crippen LogP contribution in [0.15, 0.2) is 0 Å². The summed E-state index contributed by atoms with van der Waals surface area (Å²) in [6.45, 7) is 2.07. The molecular weight excluding hydrogens is 355 g/mol. The topological polar surface area (TPSA) is 178 Å². The zero-order valence-corrected chi connectivity index (χ0v) is 21.5. The smallest absolute Gasteiger partial charge is 1.00 e. The van der Waals surface area contributed by atoms with E-state index in [-0.39, 0.29) is 131 Å². The Hall–Kier alpha value is 2.13. The largest absolute Gasteiger partial charge is 1.00 e. The molecule has 0 radical (unpaired) electrons. The molecule has 102 valence electrons. The number of carboxylic acid groups (broad SMARTS) is 4. The van der Waals surface area contributed by atoms with Gasteiger partial charge in [-0.2, -0.15) is 0 Å². The van der Waals surface area contributed by atoms with Crippen LogP contribution in [0.1, 0.15) is 13.8 Å². The summed E-state index contributed by atoms with van der Waals surface area (Å²) < 4.78 is 0. The summed E-state index contributed by atoms with van der Waals surface area (Å²) in [7, 11) is 0. The third-order valence-electron chi connectivity index (χ3n) is 0.629. The van der Waals surface area contributed by atoms with Gasteiger partial charge in [-0.3, -0.25) is 4.79 Å². The van der Waals surface area contributed by atoms with Gasteiger partial charge in [0.2, 0.25) is 6.16 Å². The van der Waals surface area contributed by atoms with E-state index in [1.165, 1.54) is 0 Å². The fraction of sp³-hybridized carbons (Fsp3) is 0.429. The molecule has 0 aliphatic heterocycles. The van der Waals surface area contributed by atoms with E-state index in [9.17, 15) is 24.6 Å². The summed E-state index contributed by atoms with van der Waals surface area (Å²) in [5.41, 5.74) is 0. The number of aliphatic hydroxyl groups is 1. The second kappa shape index (κ2) is 33.7. The molecule has 0 bridgehead atoms. The molecule has 1 atom stereocenters. The number of aliphatic hydroxyl groups excluding tert-OH is 1. The zero-order valence-electron chi connectivity index (χ0n) is 12.7. The van der Waals surface area contributed by atoms with E-state index in [4.69, 9.17) is 20.1 Å². The number of aliphatic carboxylic acids is 2. The average Bonchev–Trinajstić information content (AvgIpc) is 2.03. The summed E-state index contributed by atoms with van der Waals surface area (Å²) in [5, 5.41) is 41.8. The second-order valence-corrected chi connectivity index (χ2v) is 2.10. The van der Waals surface area contributed by atoms with Crippen molar-refractivity contribution in [3.63, 3.8) is 0 Å². The van der Waals surface area contributed by atoms with Gasteiger partial charge in [-0.25, -0.2) is 0 Å². The maximum absolute atomic E-state index is 9.48. The Morgan fingerprint density at radius 1 is 0.905 bits per heavy atom. The predicted molar refractivity (Wildman–Crippen MR) is 40.4 cm³/mol. The van der Waals surface area contributed by atoms with E-state index in [1.807, 2.05) is 0 Å². The van der Waals surface area contributed by atoms with Crippen LogP contribution in [0.25, 0.3) is 0 Å². The molecule has 0 rings (SSSR count). The van der Waals surface area contributed by atoms with Gasteiger partial charge in [0.05, 0.1) is 12.1 Å². The Balaban J connectivity index is -0.0000000183. The first-order valence-electron chi connectivity index (χ1n) is 3.53. The monoisotopic (exact) mass is 364 g/mol. The van der Waals surface area contributed by atoms with Crippen LogP contribution >= 0.6 is 0 Å². The number of carbonyl (C=O) groups is 4. The van der Waals surface area contributed by atoms with Gasteiger partial charge >= 0.3 is 118 Å². The van der Waals surface area contributed by atoms with Gasteiger partial charge in [-0.05, 0) is 6.92 Å². The molecule has 0 aromatic rings. The molecule has 0 amide bonds. The van der Waals surface area contributed by atoms with E-state index in [0.29, 0.717) is 0 Å². The van der Waals surface area contributed by atoms with Crippen molar-refractivity contribution >= 4 is 23.9 Å². The number of ketones is 1. The van der Waals surface area contributed by atoms with Crippen LogP contribution in [0, 0.1) is 0 Å². The van der Waals surface area contributed by atoms with Crippen LogP contribution in [0.3, 0.4) is 0 Å². The summed E-state index contributed by atoms with van der Waals surface area (Å²) in [4.78, 5) is 36.5. The van der Waals surface area contributed by atoms with Crippen LogP contribution in [-0.2, 0) is 14.4 Å². The molecule has 0 heterocycles. The predicted octanol–water partition coefficient (Wildman–Crippen LogP) is -19.6. The molecule has 0 saturated carbocycles. The molecule has 14 heteroatoms. The number of carboxylic acids is 2. The van der Waals surface area contributed by atoms with Crippen molar-refractivity contribution in [3.8, 4) is 0 Å². The van der Waals surface area contributed by atoms with Crippen molar-refractivity contribution < 1.29 is 175 Å². The van der Waals surface area contributed by atoms with Gasteiger partial charge in [0, 0.05) is 6.92 Å². The fourth-order valence-electron chi connectivity index (χ4n) is 0. The van der Waals surface area contributed by atoms with Crippen molar-refractivity contribution in [2.45, 2.75) is 20.0 Å². The van der Waals surface area contributed by atoms with Gasteiger partial charge in [0.15, 0.2) is 5.78 Å². The first-order chi connectivity index (χ1) is 7.02. The molecule has 9 nitrogen and oxygen atoms in total. The Bertz CT molecular complexity index is 259. The van der Waals surface area contributed by atoms with Crippen LogP contribution in [0.2, 0.25) is 0 Å². The van der Waals surface area contributed by atoms with E-state index in [2.05, 4.69) is 0 Å². The number of carbonyl (C=O) groups excluding carboxylic acids is 3. The van der Waals surface area contributed by atoms with Crippen LogP contribution in [0.4, 0.5) is 4.79 Å². The Morgan fingerprint density at radius 2 is 1.00 bits per heavy atom. The average molecular weight is 365 g/mol. The zero-order chi connectivity index (χ0) is 13.9. The van der Waals surface area contributed by atoms with Crippen molar-refractivity contribution in [2.24, 2.45) is 0 Å². The van der Waals surface area contributed by atoms with Gasteiger partial charge < -0.3 is 52.3 Å². The van der Waals surface area contributed by atoms with Crippen molar-refractivity contribution in [3.05, 3.63) is 0 Å². The molecule has 0 aliphatic rings. The Labute approximate surface area is 215 Å². The van der Waals surface area contributed by atoms with Crippen molar-refractivity contribution in [2.75, 3.05) is 0 Å². The first-order valence-corrected chi connectivity index (χ1v) is 3.53.